The molecule has 2 rings (SSSR count). The van der Waals surface area contributed by atoms with Gasteiger partial charge in [-0.05, 0) is 19.3 Å². The summed E-state index contributed by atoms with van der Waals surface area (Å²) in [5, 5.41) is 20.6. The first kappa shape index (κ1) is 10.9. The molecule has 0 spiro atoms. The third-order valence-electron chi connectivity index (χ3n) is 3.45. The van der Waals surface area contributed by atoms with Crippen LogP contribution in [0.4, 0.5) is 0 Å². The second kappa shape index (κ2) is 4.51. The number of nitrogens with zero attached hydrogens (tertiary/aromatic N) is 3. The molecule has 0 aromatic rings. The Hall–Kier alpha value is -1.59. The lowest BCUT2D eigenvalue weighted by atomic mass is 9.88. The number of hydrogen-bond donors (Lipinski definition) is 1. The highest BCUT2D eigenvalue weighted by Gasteiger charge is 2.44. The zero-order valence-electron chi connectivity index (χ0n) is 9.02. The average molecular weight is 218 g/mol. The Kier molecular flexibility index (Phi) is 3.07. The van der Waals surface area contributed by atoms with Crippen LogP contribution in [0.15, 0.2) is 0 Å². The van der Waals surface area contributed by atoms with Gasteiger partial charge in [0, 0.05) is 12.1 Å². The van der Waals surface area contributed by atoms with E-state index in [1.54, 1.807) is 0 Å². The molecule has 2 bridgehead atoms. The van der Waals surface area contributed by atoms with E-state index in [4.69, 9.17) is 10.5 Å². The monoisotopic (exact) mass is 218 g/mol. The fourth-order valence-corrected chi connectivity index (χ4v) is 2.71. The van der Waals surface area contributed by atoms with Gasteiger partial charge in [-0.25, -0.2) is 0 Å². The lowest BCUT2D eigenvalue weighted by Gasteiger charge is -2.25. The molecule has 1 amide bonds. The van der Waals surface area contributed by atoms with Gasteiger partial charge in [0.25, 0.3) is 0 Å². The van der Waals surface area contributed by atoms with Crippen LogP contribution in [-0.2, 0) is 4.79 Å². The van der Waals surface area contributed by atoms with Gasteiger partial charge >= 0.3 is 0 Å². The summed E-state index contributed by atoms with van der Waals surface area (Å²) in [4.78, 5) is 13.5. The van der Waals surface area contributed by atoms with Gasteiger partial charge in [0.1, 0.15) is 13.1 Å². The minimum absolute atomic E-state index is 0.0142. The lowest BCUT2D eigenvalue weighted by molar-refractivity contribution is -0.134. The Morgan fingerprint density at radius 1 is 1.31 bits per heavy atom. The standard InChI is InChI=1S/C11H14N4O/c12-3-5-15(6-4-13)11(16)9-7-8-1-2-10(9)14-8/h8-10,14H,1-2,5-7H2. The molecule has 3 atom stereocenters. The summed E-state index contributed by atoms with van der Waals surface area (Å²) in [5.74, 6) is -0.0664. The summed E-state index contributed by atoms with van der Waals surface area (Å²) in [6, 6.07) is 4.59. The van der Waals surface area contributed by atoms with Crippen molar-refractivity contribution in [3.8, 4) is 12.1 Å². The molecule has 5 heteroatoms. The van der Waals surface area contributed by atoms with Crippen LogP contribution in [0.25, 0.3) is 0 Å². The molecule has 2 saturated heterocycles. The summed E-state index contributed by atoms with van der Waals surface area (Å²) >= 11 is 0. The predicted molar refractivity (Wildman–Crippen MR) is 55.9 cm³/mol. The topological polar surface area (TPSA) is 79.9 Å². The van der Waals surface area contributed by atoms with Crippen molar-refractivity contribution in [3.63, 3.8) is 0 Å². The maximum atomic E-state index is 12.1. The highest BCUT2D eigenvalue weighted by Crippen LogP contribution is 2.34. The molecule has 0 aliphatic carbocycles. The van der Waals surface area contributed by atoms with Gasteiger partial charge in [-0.2, -0.15) is 10.5 Å². The van der Waals surface area contributed by atoms with Crippen LogP contribution in [0.1, 0.15) is 19.3 Å². The first-order valence-electron chi connectivity index (χ1n) is 5.55. The number of amides is 1. The zero-order chi connectivity index (χ0) is 11.5. The largest absolute Gasteiger partial charge is 0.316 e. The molecule has 16 heavy (non-hydrogen) atoms. The van der Waals surface area contributed by atoms with Gasteiger partial charge < -0.3 is 10.2 Å². The molecule has 84 valence electrons. The molecule has 1 N–H and O–H groups in total. The summed E-state index contributed by atoms with van der Waals surface area (Å²) in [7, 11) is 0. The molecule has 0 aromatic heterocycles. The lowest BCUT2D eigenvalue weighted by Crippen LogP contribution is -2.41. The Bertz CT molecular complexity index is 351. The molecule has 3 unspecified atom stereocenters. The third kappa shape index (κ3) is 1.87. The average Bonchev–Trinajstić information content (AvgIpc) is 2.89. The predicted octanol–water partition coefficient (Wildman–Crippen LogP) is 0.00266. The number of carbonyl (C=O) groups is 1. The number of nitrogens with one attached hydrogen (secondary N) is 1. The van der Waals surface area contributed by atoms with Crippen LogP contribution >= 0.6 is 0 Å². The van der Waals surface area contributed by atoms with Crippen molar-refractivity contribution in [2.45, 2.75) is 31.3 Å². The van der Waals surface area contributed by atoms with Gasteiger partial charge in [0.2, 0.25) is 5.91 Å². The van der Waals surface area contributed by atoms with Crippen LogP contribution in [-0.4, -0.2) is 36.0 Å². The van der Waals surface area contributed by atoms with E-state index in [0.29, 0.717) is 6.04 Å². The molecule has 2 aliphatic heterocycles. The van der Waals surface area contributed by atoms with Gasteiger partial charge in [-0.3, -0.25) is 4.79 Å². The van der Waals surface area contributed by atoms with Crippen molar-refractivity contribution in [1.82, 2.24) is 10.2 Å². The molecule has 2 fully saturated rings. The van der Waals surface area contributed by atoms with Gasteiger partial charge in [0.15, 0.2) is 0 Å². The molecule has 0 saturated carbocycles. The van der Waals surface area contributed by atoms with Gasteiger partial charge in [-0.1, -0.05) is 0 Å². The quantitative estimate of drug-likeness (QED) is 0.676. The number of rotatable bonds is 3. The molecule has 0 aromatic carbocycles. The second-order valence-corrected chi connectivity index (χ2v) is 4.40. The second-order valence-electron chi connectivity index (χ2n) is 4.40. The van der Waals surface area contributed by atoms with Crippen LogP contribution in [0.3, 0.4) is 0 Å². The molecule has 5 nitrogen and oxygen atoms in total. The summed E-state index contributed by atoms with van der Waals surface area (Å²) < 4.78 is 0. The van der Waals surface area contributed by atoms with Crippen LogP contribution < -0.4 is 5.32 Å². The van der Waals surface area contributed by atoms with Crippen molar-refractivity contribution in [2.24, 2.45) is 5.92 Å². The summed E-state index contributed by atoms with van der Waals surface area (Å²) in [6.07, 6.45) is 3.04. The number of hydrogen-bond acceptors (Lipinski definition) is 4. The smallest absolute Gasteiger partial charge is 0.229 e. The first-order chi connectivity index (χ1) is 7.76. The first-order valence-corrected chi connectivity index (χ1v) is 5.55. The van der Waals surface area contributed by atoms with Crippen molar-refractivity contribution in [1.29, 1.82) is 10.5 Å². The van der Waals surface area contributed by atoms with Crippen molar-refractivity contribution < 1.29 is 4.79 Å². The molecule has 2 heterocycles. The minimum atomic E-state index is -0.0391. The molecular weight excluding hydrogens is 204 g/mol. The number of nitriles is 2. The van der Waals surface area contributed by atoms with Gasteiger partial charge in [0.05, 0.1) is 18.1 Å². The Morgan fingerprint density at radius 3 is 2.44 bits per heavy atom. The molecule has 0 radical (unpaired) electrons. The van der Waals surface area contributed by atoms with Crippen LogP contribution in [0.2, 0.25) is 0 Å². The number of carbonyl (C=O) groups excluding carboxylic acids is 1. The maximum Gasteiger partial charge on any atom is 0.229 e. The van der Waals surface area contributed by atoms with Crippen molar-refractivity contribution in [2.75, 3.05) is 13.1 Å². The molecule has 2 aliphatic rings. The van der Waals surface area contributed by atoms with E-state index in [-0.39, 0.29) is 31.0 Å². The van der Waals surface area contributed by atoms with Crippen LogP contribution in [0, 0.1) is 28.6 Å². The van der Waals surface area contributed by atoms with Crippen LogP contribution in [0.5, 0.6) is 0 Å². The Labute approximate surface area is 94.6 Å². The van der Waals surface area contributed by atoms with E-state index < -0.39 is 0 Å². The molecular formula is C11H14N4O. The van der Waals surface area contributed by atoms with E-state index in [0.717, 1.165) is 19.3 Å². The Morgan fingerprint density at radius 2 is 2.00 bits per heavy atom. The third-order valence-corrected chi connectivity index (χ3v) is 3.45. The van der Waals surface area contributed by atoms with E-state index in [1.165, 1.54) is 4.90 Å². The highest BCUT2D eigenvalue weighted by molar-refractivity contribution is 5.80. The van der Waals surface area contributed by atoms with E-state index in [9.17, 15) is 4.79 Å². The van der Waals surface area contributed by atoms with Gasteiger partial charge in [-0.15, -0.1) is 0 Å². The fraction of sp³-hybridized carbons (Fsp3) is 0.727. The minimum Gasteiger partial charge on any atom is -0.316 e. The highest BCUT2D eigenvalue weighted by atomic mass is 16.2. The van der Waals surface area contributed by atoms with E-state index >= 15 is 0 Å². The van der Waals surface area contributed by atoms with E-state index in [1.807, 2.05) is 12.1 Å². The zero-order valence-corrected chi connectivity index (χ0v) is 9.02. The Balaban J connectivity index is 2.01. The summed E-state index contributed by atoms with van der Waals surface area (Å²) in [6.45, 7) is 0.0283. The van der Waals surface area contributed by atoms with Crippen molar-refractivity contribution >= 4 is 5.91 Å². The normalized spacial score (nSPS) is 30.8. The fourth-order valence-electron chi connectivity index (χ4n) is 2.71. The summed E-state index contributed by atoms with van der Waals surface area (Å²) in [5.41, 5.74) is 0. The van der Waals surface area contributed by atoms with E-state index in [2.05, 4.69) is 5.32 Å². The van der Waals surface area contributed by atoms with Crippen molar-refractivity contribution in [3.05, 3.63) is 0 Å². The maximum absolute atomic E-state index is 12.1. The number of fused-ring (bicyclic) bond motifs is 2. The SMILES string of the molecule is N#CCN(CC#N)C(=O)C1CC2CCC1N2.